The van der Waals surface area contributed by atoms with Gasteiger partial charge < -0.3 is 9.84 Å². The Hall–Kier alpha value is -1.35. The van der Waals surface area contributed by atoms with Crippen molar-refractivity contribution in [3.63, 3.8) is 0 Å². The van der Waals surface area contributed by atoms with Crippen molar-refractivity contribution in [3.05, 3.63) is 35.4 Å². The summed E-state index contributed by atoms with van der Waals surface area (Å²) >= 11 is 0. The molecule has 0 aromatic heterocycles. The van der Waals surface area contributed by atoms with E-state index in [-0.39, 0.29) is 12.5 Å². The van der Waals surface area contributed by atoms with Gasteiger partial charge in [0, 0.05) is 0 Å². The van der Waals surface area contributed by atoms with E-state index >= 15 is 0 Å². The Morgan fingerprint density at radius 2 is 2.14 bits per heavy atom. The van der Waals surface area contributed by atoms with Gasteiger partial charge in [-0.15, -0.1) is 0 Å². The van der Waals surface area contributed by atoms with Gasteiger partial charge in [0.2, 0.25) is 0 Å². The summed E-state index contributed by atoms with van der Waals surface area (Å²) in [5.41, 5.74) is 2.39. The fourth-order valence-corrected chi connectivity index (χ4v) is 1.74. The standard InChI is InChI=1S/C11H12O3/c12-11(13)6-10-5-8-3-1-2-4-9(8)7-14-10/h1-4,10H,5-7H2,(H,12,13). The molecule has 1 N–H and O–H groups in total. The van der Waals surface area contributed by atoms with Crippen LogP contribution in [0.4, 0.5) is 0 Å². The summed E-state index contributed by atoms with van der Waals surface area (Å²) < 4.78 is 5.43. The van der Waals surface area contributed by atoms with Gasteiger partial charge in [-0.05, 0) is 17.5 Å². The average Bonchev–Trinajstić information content (AvgIpc) is 2.17. The van der Waals surface area contributed by atoms with Crippen molar-refractivity contribution in [3.8, 4) is 0 Å². The number of fused-ring (bicyclic) bond motifs is 1. The van der Waals surface area contributed by atoms with E-state index in [2.05, 4.69) is 0 Å². The van der Waals surface area contributed by atoms with E-state index in [1.165, 1.54) is 11.1 Å². The number of benzene rings is 1. The molecule has 1 aromatic rings. The molecule has 3 heteroatoms. The smallest absolute Gasteiger partial charge is 0.305 e. The summed E-state index contributed by atoms with van der Waals surface area (Å²) in [6, 6.07) is 8.00. The molecule has 0 bridgehead atoms. The maximum atomic E-state index is 10.5. The number of hydrogen-bond acceptors (Lipinski definition) is 2. The van der Waals surface area contributed by atoms with Crippen molar-refractivity contribution < 1.29 is 14.6 Å². The molecule has 1 heterocycles. The van der Waals surface area contributed by atoms with Crippen LogP contribution in [-0.4, -0.2) is 17.2 Å². The second-order valence-corrected chi connectivity index (χ2v) is 3.50. The van der Waals surface area contributed by atoms with Crippen LogP contribution in [0.15, 0.2) is 24.3 Å². The Morgan fingerprint density at radius 1 is 1.43 bits per heavy atom. The van der Waals surface area contributed by atoms with Crippen LogP contribution in [0.1, 0.15) is 17.5 Å². The molecule has 14 heavy (non-hydrogen) atoms. The van der Waals surface area contributed by atoms with Crippen molar-refractivity contribution in [2.45, 2.75) is 25.6 Å². The molecule has 1 aliphatic heterocycles. The molecular formula is C11H12O3. The number of aliphatic carboxylic acids is 1. The summed E-state index contributed by atoms with van der Waals surface area (Å²) in [4.78, 5) is 10.5. The van der Waals surface area contributed by atoms with Crippen LogP contribution in [-0.2, 0) is 22.6 Å². The van der Waals surface area contributed by atoms with Gasteiger partial charge in [-0.1, -0.05) is 24.3 Å². The third-order valence-electron chi connectivity index (χ3n) is 2.44. The Morgan fingerprint density at radius 3 is 2.86 bits per heavy atom. The second-order valence-electron chi connectivity index (χ2n) is 3.50. The zero-order valence-electron chi connectivity index (χ0n) is 7.77. The monoisotopic (exact) mass is 192 g/mol. The van der Waals surface area contributed by atoms with Gasteiger partial charge in [-0.3, -0.25) is 4.79 Å². The molecule has 1 aliphatic rings. The summed E-state index contributed by atoms with van der Waals surface area (Å²) in [6.07, 6.45) is 0.638. The minimum absolute atomic E-state index is 0.0916. The highest BCUT2D eigenvalue weighted by Gasteiger charge is 2.20. The van der Waals surface area contributed by atoms with Crippen molar-refractivity contribution >= 4 is 5.97 Å². The summed E-state index contributed by atoms with van der Waals surface area (Å²) in [5.74, 6) is -0.797. The molecule has 0 spiro atoms. The third kappa shape index (κ3) is 1.93. The number of hydrogen-bond donors (Lipinski definition) is 1. The summed E-state index contributed by atoms with van der Waals surface area (Å²) in [5, 5.41) is 8.63. The van der Waals surface area contributed by atoms with Crippen LogP contribution < -0.4 is 0 Å². The van der Waals surface area contributed by atoms with Crippen LogP contribution in [0.5, 0.6) is 0 Å². The molecule has 1 unspecified atom stereocenters. The molecule has 3 nitrogen and oxygen atoms in total. The highest BCUT2D eigenvalue weighted by atomic mass is 16.5. The molecule has 1 atom stereocenters. The zero-order chi connectivity index (χ0) is 9.97. The molecule has 0 radical (unpaired) electrons. The van der Waals surface area contributed by atoms with Gasteiger partial charge >= 0.3 is 5.97 Å². The first kappa shape index (κ1) is 9.21. The summed E-state index contributed by atoms with van der Waals surface area (Å²) in [6.45, 7) is 0.536. The highest BCUT2D eigenvalue weighted by molar-refractivity contribution is 5.67. The Bertz CT molecular complexity index is 346. The minimum Gasteiger partial charge on any atom is -0.481 e. The number of carboxylic acids is 1. The zero-order valence-corrected chi connectivity index (χ0v) is 7.77. The third-order valence-corrected chi connectivity index (χ3v) is 2.44. The van der Waals surface area contributed by atoms with E-state index in [9.17, 15) is 4.79 Å². The van der Waals surface area contributed by atoms with E-state index in [1.54, 1.807) is 0 Å². The molecule has 1 aromatic carbocycles. The quantitative estimate of drug-likeness (QED) is 0.774. The van der Waals surface area contributed by atoms with E-state index < -0.39 is 5.97 Å². The lowest BCUT2D eigenvalue weighted by Gasteiger charge is -2.23. The van der Waals surface area contributed by atoms with Crippen molar-refractivity contribution in [2.24, 2.45) is 0 Å². The van der Waals surface area contributed by atoms with Crippen molar-refractivity contribution in [1.82, 2.24) is 0 Å². The van der Waals surface area contributed by atoms with E-state index in [1.807, 2.05) is 24.3 Å². The van der Waals surface area contributed by atoms with Crippen LogP contribution in [0.25, 0.3) is 0 Å². The first-order valence-corrected chi connectivity index (χ1v) is 4.66. The minimum atomic E-state index is -0.797. The Kier molecular flexibility index (Phi) is 2.50. The van der Waals surface area contributed by atoms with Gasteiger partial charge in [-0.25, -0.2) is 0 Å². The number of carbonyl (C=O) groups is 1. The maximum Gasteiger partial charge on any atom is 0.305 e. The maximum absolute atomic E-state index is 10.5. The molecule has 74 valence electrons. The molecule has 2 rings (SSSR count). The molecule has 0 aliphatic carbocycles. The second kappa shape index (κ2) is 3.80. The van der Waals surface area contributed by atoms with E-state index in [0.29, 0.717) is 13.0 Å². The van der Waals surface area contributed by atoms with Gasteiger partial charge in [0.15, 0.2) is 0 Å². The van der Waals surface area contributed by atoms with Crippen LogP contribution >= 0.6 is 0 Å². The van der Waals surface area contributed by atoms with E-state index in [0.717, 1.165) is 0 Å². The average molecular weight is 192 g/mol. The van der Waals surface area contributed by atoms with Crippen LogP contribution in [0.2, 0.25) is 0 Å². The van der Waals surface area contributed by atoms with Gasteiger partial charge in [0.1, 0.15) is 0 Å². The molecule has 0 amide bonds. The van der Waals surface area contributed by atoms with Crippen molar-refractivity contribution in [2.75, 3.05) is 0 Å². The fourth-order valence-electron chi connectivity index (χ4n) is 1.74. The highest BCUT2D eigenvalue weighted by Crippen LogP contribution is 2.21. The number of carboxylic acid groups (broad SMARTS) is 1. The first-order valence-electron chi connectivity index (χ1n) is 4.66. The number of ether oxygens (including phenoxy) is 1. The SMILES string of the molecule is O=C(O)CC1Cc2ccccc2CO1. The normalized spacial score (nSPS) is 20.1. The molecule has 0 fully saturated rings. The number of rotatable bonds is 2. The van der Waals surface area contributed by atoms with Gasteiger partial charge in [0.25, 0.3) is 0 Å². The predicted octanol–water partition coefficient (Wildman–Crippen LogP) is 1.60. The van der Waals surface area contributed by atoms with Gasteiger partial charge in [0.05, 0.1) is 19.1 Å². The van der Waals surface area contributed by atoms with Crippen molar-refractivity contribution in [1.29, 1.82) is 0 Å². The summed E-state index contributed by atoms with van der Waals surface area (Å²) in [7, 11) is 0. The molecular weight excluding hydrogens is 180 g/mol. The Labute approximate surface area is 82.3 Å². The lowest BCUT2D eigenvalue weighted by molar-refractivity contribution is -0.140. The van der Waals surface area contributed by atoms with E-state index in [4.69, 9.17) is 9.84 Å². The largest absolute Gasteiger partial charge is 0.481 e. The first-order chi connectivity index (χ1) is 6.75. The molecule has 0 saturated carbocycles. The topological polar surface area (TPSA) is 46.5 Å². The fraction of sp³-hybridized carbons (Fsp3) is 0.364. The lowest BCUT2D eigenvalue weighted by Crippen LogP contribution is -2.24. The van der Waals surface area contributed by atoms with Gasteiger partial charge in [-0.2, -0.15) is 0 Å². The van der Waals surface area contributed by atoms with Crippen LogP contribution in [0, 0.1) is 0 Å². The molecule has 0 saturated heterocycles. The lowest BCUT2D eigenvalue weighted by atomic mass is 9.98. The van der Waals surface area contributed by atoms with Crippen LogP contribution in [0.3, 0.4) is 0 Å². The predicted molar refractivity (Wildman–Crippen MR) is 51.0 cm³/mol. The Balaban J connectivity index is 2.09.